The Morgan fingerprint density at radius 2 is 1.97 bits per heavy atom. The van der Waals surface area contributed by atoms with Crippen molar-refractivity contribution < 1.29 is 9.53 Å². The number of amides is 1. The lowest BCUT2D eigenvalue weighted by molar-refractivity contribution is -0.111. The standard InChI is InChI=1S/C24H19N5O2/c1-3-23(30)29-16-6-14(7-17(9-16)31-2)15-8-19-21(12-28-24(19)27-10-15)20-11-25-13-22-18(20)4-5-26-22/h3-13,26H,1H2,2H3,(H,27,28)(H,29,30). The van der Waals surface area contributed by atoms with Crippen LogP contribution in [0.5, 0.6) is 5.75 Å². The number of nitrogens with zero attached hydrogens (tertiary/aromatic N) is 2. The van der Waals surface area contributed by atoms with Gasteiger partial charge in [-0.25, -0.2) is 4.98 Å². The zero-order chi connectivity index (χ0) is 21.4. The minimum atomic E-state index is -0.284. The summed E-state index contributed by atoms with van der Waals surface area (Å²) in [6, 6.07) is 9.67. The van der Waals surface area contributed by atoms with E-state index in [1.807, 2.05) is 43.0 Å². The molecule has 0 saturated carbocycles. The molecule has 4 heterocycles. The Kier molecular flexibility index (Phi) is 4.48. The molecule has 3 N–H and O–H groups in total. The van der Waals surface area contributed by atoms with Crippen molar-refractivity contribution in [1.29, 1.82) is 0 Å². The Morgan fingerprint density at radius 3 is 2.81 bits per heavy atom. The Labute approximate surface area is 177 Å². The van der Waals surface area contributed by atoms with Crippen LogP contribution in [-0.4, -0.2) is 33.0 Å². The first-order valence-electron chi connectivity index (χ1n) is 9.68. The number of carbonyl (C=O) groups excluding carboxylic acids is 1. The van der Waals surface area contributed by atoms with E-state index in [1.54, 1.807) is 19.4 Å². The van der Waals surface area contributed by atoms with E-state index in [9.17, 15) is 4.79 Å². The molecule has 5 aromatic rings. The first kappa shape index (κ1) is 18.6. The number of H-pyrrole nitrogens is 2. The van der Waals surface area contributed by atoms with E-state index in [2.05, 4.69) is 37.9 Å². The van der Waals surface area contributed by atoms with E-state index >= 15 is 0 Å². The molecule has 0 unspecified atom stereocenters. The Balaban J connectivity index is 1.65. The second kappa shape index (κ2) is 7.46. The van der Waals surface area contributed by atoms with E-state index < -0.39 is 0 Å². The van der Waals surface area contributed by atoms with Crippen molar-refractivity contribution in [3.8, 4) is 28.0 Å². The molecule has 7 nitrogen and oxygen atoms in total. The normalized spacial score (nSPS) is 11.0. The lowest BCUT2D eigenvalue weighted by Crippen LogP contribution is -2.07. The summed E-state index contributed by atoms with van der Waals surface area (Å²) in [5.41, 5.74) is 6.20. The lowest BCUT2D eigenvalue weighted by Gasteiger charge is -2.10. The first-order valence-corrected chi connectivity index (χ1v) is 9.68. The molecule has 5 rings (SSSR count). The van der Waals surface area contributed by atoms with Crippen molar-refractivity contribution in [2.24, 2.45) is 0 Å². The van der Waals surface area contributed by atoms with Crippen LogP contribution in [0.4, 0.5) is 5.69 Å². The van der Waals surface area contributed by atoms with Crippen molar-refractivity contribution in [2.45, 2.75) is 0 Å². The molecule has 0 aliphatic carbocycles. The Bertz CT molecular complexity index is 1450. The molecule has 0 radical (unpaired) electrons. The molecule has 0 aliphatic heterocycles. The number of pyridine rings is 2. The third kappa shape index (κ3) is 3.32. The van der Waals surface area contributed by atoms with Gasteiger partial charge >= 0.3 is 0 Å². The monoisotopic (exact) mass is 409 g/mol. The minimum Gasteiger partial charge on any atom is -0.497 e. The number of ether oxygens (including phenoxy) is 1. The van der Waals surface area contributed by atoms with Gasteiger partial charge in [-0.05, 0) is 35.9 Å². The average Bonchev–Trinajstić information content (AvgIpc) is 3.45. The van der Waals surface area contributed by atoms with Crippen LogP contribution in [0.25, 0.3) is 44.2 Å². The summed E-state index contributed by atoms with van der Waals surface area (Å²) in [5.74, 6) is 0.348. The SMILES string of the molecule is C=CC(=O)Nc1cc(OC)cc(-c2cnc3[nH]cc(-c4cncc5[nH]ccc45)c3c2)c1. The predicted octanol–water partition coefficient (Wildman–Crippen LogP) is 4.91. The van der Waals surface area contributed by atoms with Gasteiger partial charge in [0.1, 0.15) is 11.4 Å². The number of anilines is 1. The van der Waals surface area contributed by atoms with E-state index in [0.29, 0.717) is 11.4 Å². The number of aromatic nitrogens is 4. The molecule has 0 fully saturated rings. The molecule has 0 atom stereocenters. The van der Waals surface area contributed by atoms with Gasteiger partial charge < -0.3 is 20.0 Å². The van der Waals surface area contributed by atoms with Crippen LogP contribution in [0.3, 0.4) is 0 Å². The number of methoxy groups -OCH3 is 1. The molecule has 0 bridgehead atoms. The lowest BCUT2D eigenvalue weighted by atomic mass is 10.0. The van der Waals surface area contributed by atoms with Crippen LogP contribution in [0.15, 0.2) is 74.0 Å². The number of hydrogen-bond donors (Lipinski definition) is 3. The van der Waals surface area contributed by atoms with Gasteiger partial charge in [0.25, 0.3) is 0 Å². The maximum Gasteiger partial charge on any atom is 0.247 e. The fraction of sp³-hybridized carbons (Fsp3) is 0.0417. The fourth-order valence-electron chi connectivity index (χ4n) is 3.73. The summed E-state index contributed by atoms with van der Waals surface area (Å²) in [6.07, 6.45) is 10.6. The Morgan fingerprint density at radius 1 is 1.06 bits per heavy atom. The molecule has 31 heavy (non-hydrogen) atoms. The van der Waals surface area contributed by atoms with Gasteiger partial charge in [-0.3, -0.25) is 9.78 Å². The molecule has 7 heteroatoms. The maximum atomic E-state index is 11.8. The largest absolute Gasteiger partial charge is 0.497 e. The highest BCUT2D eigenvalue weighted by molar-refractivity contribution is 6.04. The fourth-order valence-corrected chi connectivity index (χ4v) is 3.73. The molecular formula is C24H19N5O2. The van der Waals surface area contributed by atoms with Crippen LogP contribution < -0.4 is 10.1 Å². The number of fused-ring (bicyclic) bond motifs is 2. The Hall–Kier alpha value is -4.39. The van der Waals surface area contributed by atoms with Gasteiger partial charge in [-0.15, -0.1) is 0 Å². The third-order valence-corrected chi connectivity index (χ3v) is 5.23. The van der Waals surface area contributed by atoms with E-state index in [4.69, 9.17) is 4.74 Å². The van der Waals surface area contributed by atoms with Gasteiger partial charge in [0.2, 0.25) is 5.91 Å². The van der Waals surface area contributed by atoms with Crippen molar-refractivity contribution >= 4 is 33.5 Å². The minimum absolute atomic E-state index is 0.284. The molecule has 1 amide bonds. The molecule has 0 spiro atoms. The van der Waals surface area contributed by atoms with E-state index in [1.165, 1.54) is 6.08 Å². The van der Waals surface area contributed by atoms with Gasteiger partial charge in [0, 0.05) is 64.0 Å². The topological polar surface area (TPSA) is 95.7 Å². The van der Waals surface area contributed by atoms with Crippen molar-refractivity contribution in [1.82, 2.24) is 19.9 Å². The predicted molar refractivity (Wildman–Crippen MR) is 122 cm³/mol. The summed E-state index contributed by atoms with van der Waals surface area (Å²) in [5, 5.41) is 4.86. The number of aromatic amines is 2. The highest BCUT2D eigenvalue weighted by Gasteiger charge is 2.13. The molecule has 0 saturated heterocycles. The maximum absolute atomic E-state index is 11.8. The second-order valence-corrected chi connectivity index (χ2v) is 7.09. The number of hydrogen-bond acceptors (Lipinski definition) is 4. The zero-order valence-electron chi connectivity index (χ0n) is 16.8. The summed E-state index contributed by atoms with van der Waals surface area (Å²) in [4.78, 5) is 27.2. The smallest absolute Gasteiger partial charge is 0.247 e. The molecule has 152 valence electrons. The van der Waals surface area contributed by atoms with E-state index in [-0.39, 0.29) is 5.91 Å². The number of carbonyl (C=O) groups is 1. The molecule has 4 aromatic heterocycles. The van der Waals surface area contributed by atoms with Crippen LogP contribution in [0.1, 0.15) is 0 Å². The van der Waals surface area contributed by atoms with E-state index in [0.717, 1.165) is 44.2 Å². The third-order valence-electron chi connectivity index (χ3n) is 5.23. The van der Waals surface area contributed by atoms with Gasteiger partial charge in [0.15, 0.2) is 0 Å². The van der Waals surface area contributed by atoms with Crippen LogP contribution in [0.2, 0.25) is 0 Å². The molecular weight excluding hydrogens is 390 g/mol. The summed E-state index contributed by atoms with van der Waals surface area (Å²) in [6.45, 7) is 3.50. The number of nitrogens with one attached hydrogen (secondary N) is 3. The molecule has 0 aliphatic rings. The van der Waals surface area contributed by atoms with Crippen LogP contribution >= 0.6 is 0 Å². The highest BCUT2D eigenvalue weighted by Crippen LogP contribution is 2.35. The van der Waals surface area contributed by atoms with Crippen LogP contribution in [-0.2, 0) is 4.79 Å². The quantitative estimate of drug-likeness (QED) is 0.360. The average molecular weight is 409 g/mol. The first-order chi connectivity index (χ1) is 15.2. The highest BCUT2D eigenvalue weighted by atomic mass is 16.5. The van der Waals surface area contributed by atoms with Gasteiger partial charge in [0.05, 0.1) is 18.8 Å². The van der Waals surface area contributed by atoms with Crippen molar-refractivity contribution in [3.05, 3.63) is 74.0 Å². The summed E-state index contributed by atoms with van der Waals surface area (Å²) in [7, 11) is 1.59. The van der Waals surface area contributed by atoms with Crippen molar-refractivity contribution in [2.75, 3.05) is 12.4 Å². The number of benzene rings is 1. The summed E-state index contributed by atoms with van der Waals surface area (Å²) >= 11 is 0. The number of rotatable bonds is 5. The van der Waals surface area contributed by atoms with Crippen LogP contribution in [0, 0.1) is 0 Å². The molecule has 1 aromatic carbocycles. The van der Waals surface area contributed by atoms with Gasteiger partial charge in [-0.1, -0.05) is 6.58 Å². The zero-order valence-corrected chi connectivity index (χ0v) is 16.8. The van der Waals surface area contributed by atoms with Crippen molar-refractivity contribution in [3.63, 3.8) is 0 Å². The summed E-state index contributed by atoms with van der Waals surface area (Å²) < 4.78 is 5.42. The van der Waals surface area contributed by atoms with Gasteiger partial charge in [-0.2, -0.15) is 0 Å². The second-order valence-electron chi connectivity index (χ2n) is 7.09.